The lowest BCUT2D eigenvalue weighted by Crippen LogP contribution is -2.39. The van der Waals surface area contributed by atoms with Gasteiger partial charge in [0.2, 0.25) is 0 Å². The first-order chi connectivity index (χ1) is 8.66. The Bertz CT molecular complexity index is 386. The van der Waals surface area contributed by atoms with E-state index < -0.39 is 6.10 Å². The molecule has 0 bridgehead atoms. The molecule has 100 valence electrons. The molecule has 1 aromatic carbocycles. The van der Waals surface area contributed by atoms with Crippen LogP contribution in [0, 0.1) is 0 Å². The second-order valence-electron chi connectivity index (χ2n) is 4.92. The summed E-state index contributed by atoms with van der Waals surface area (Å²) in [6.45, 7) is 2.60. The van der Waals surface area contributed by atoms with Gasteiger partial charge in [-0.1, -0.05) is 34.1 Å². The molecular formula is C14H20BrNO2. The van der Waals surface area contributed by atoms with E-state index in [9.17, 15) is 10.2 Å². The number of benzene rings is 1. The molecule has 1 saturated heterocycles. The van der Waals surface area contributed by atoms with Gasteiger partial charge in [0, 0.05) is 17.6 Å². The molecule has 1 aromatic rings. The van der Waals surface area contributed by atoms with E-state index in [1.165, 1.54) is 0 Å². The average molecular weight is 314 g/mol. The number of nitrogens with zero attached hydrogens (tertiary/aromatic N) is 1. The van der Waals surface area contributed by atoms with Crippen molar-refractivity contribution in [2.24, 2.45) is 0 Å². The van der Waals surface area contributed by atoms with E-state index in [0.29, 0.717) is 6.42 Å². The Hall–Kier alpha value is -0.420. The second-order valence-corrected chi connectivity index (χ2v) is 5.78. The van der Waals surface area contributed by atoms with Crippen LogP contribution in [0.15, 0.2) is 28.7 Å². The molecule has 2 rings (SSSR count). The van der Waals surface area contributed by atoms with Crippen molar-refractivity contribution in [3.8, 4) is 0 Å². The summed E-state index contributed by atoms with van der Waals surface area (Å²) in [5.41, 5.74) is 0.940. The van der Waals surface area contributed by atoms with Gasteiger partial charge in [0.25, 0.3) is 0 Å². The fourth-order valence-corrected chi connectivity index (χ4v) is 2.99. The van der Waals surface area contributed by atoms with Gasteiger partial charge in [-0.2, -0.15) is 0 Å². The van der Waals surface area contributed by atoms with E-state index in [4.69, 9.17) is 0 Å². The third-order valence-electron chi connectivity index (χ3n) is 3.46. The van der Waals surface area contributed by atoms with E-state index in [-0.39, 0.29) is 6.10 Å². The van der Waals surface area contributed by atoms with Crippen molar-refractivity contribution in [3.05, 3.63) is 34.3 Å². The maximum absolute atomic E-state index is 10.2. The molecule has 1 aliphatic rings. The molecule has 4 heteroatoms. The molecule has 1 heterocycles. The minimum atomic E-state index is -0.445. The molecule has 18 heavy (non-hydrogen) atoms. The van der Waals surface area contributed by atoms with Gasteiger partial charge in [0.15, 0.2) is 0 Å². The zero-order valence-corrected chi connectivity index (χ0v) is 12.0. The third kappa shape index (κ3) is 3.79. The summed E-state index contributed by atoms with van der Waals surface area (Å²) in [4.78, 5) is 2.23. The van der Waals surface area contributed by atoms with Gasteiger partial charge in [0.05, 0.1) is 12.2 Å². The van der Waals surface area contributed by atoms with Crippen molar-refractivity contribution in [1.82, 2.24) is 4.90 Å². The summed E-state index contributed by atoms with van der Waals surface area (Å²) in [7, 11) is 0. The van der Waals surface area contributed by atoms with Gasteiger partial charge in [-0.15, -0.1) is 0 Å². The van der Waals surface area contributed by atoms with Gasteiger partial charge in [-0.05, 0) is 37.4 Å². The number of aliphatic hydroxyl groups is 2. The average Bonchev–Trinajstić information content (AvgIpc) is 2.37. The molecule has 2 N–H and O–H groups in total. The molecule has 0 aromatic heterocycles. The van der Waals surface area contributed by atoms with Crippen LogP contribution in [-0.2, 0) is 0 Å². The summed E-state index contributed by atoms with van der Waals surface area (Å²) in [5.74, 6) is 0. The van der Waals surface area contributed by atoms with Crippen molar-refractivity contribution in [2.75, 3.05) is 19.6 Å². The molecule has 1 aliphatic heterocycles. The van der Waals surface area contributed by atoms with Gasteiger partial charge >= 0.3 is 0 Å². The van der Waals surface area contributed by atoms with Gasteiger partial charge in [-0.3, -0.25) is 0 Å². The van der Waals surface area contributed by atoms with Crippen LogP contribution in [0.2, 0.25) is 0 Å². The molecule has 0 aliphatic carbocycles. The number of piperidine rings is 1. The minimum absolute atomic E-state index is 0.195. The van der Waals surface area contributed by atoms with E-state index in [0.717, 1.165) is 42.5 Å². The van der Waals surface area contributed by atoms with Crippen molar-refractivity contribution in [1.29, 1.82) is 0 Å². The van der Waals surface area contributed by atoms with Crippen LogP contribution in [0.1, 0.15) is 30.9 Å². The zero-order valence-electron chi connectivity index (χ0n) is 10.4. The highest BCUT2D eigenvalue weighted by atomic mass is 79.9. The van der Waals surface area contributed by atoms with Crippen LogP contribution in [-0.4, -0.2) is 40.9 Å². The zero-order chi connectivity index (χ0) is 13.0. The molecule has 0 saturated carbocycles. The summed E-state index contributed by atoms with van der Waals surface area (Å²) in [5, 5.41) is 19.8. The lowest BCUT2D eigenvalue weighted by Gasteiger charge is -2.30. The summed E-state index contributed by atoms with van der Waals surface area (Å²) < 4.78 is 0.955. The Morgan fingerprint density at radius 2 is 2.17 bits per heavy atom. The quantitative estimate of drug-likeness (QED) is 0.896. The number of rotatable bonds is 4. The molecular weight excluding hydrogens is 294 g/mol. The minimum Gasteiger partial charge on any atom is -0.392 e. The Labute approximate surface area is 117 Å². The van der Waals surface area contributed by atoms with Gasteiger partial charge < -0.3 is 15.1 Å². The van der Waals surface area contributed by atoms with Crippen molar-refractivity contribution < 1.29 is 10.2 Å². The number of β-amino-alcohol motifs (C(OH)–C–C–N with tert-alkyl or cyclic N) is 1. The topological polar surface area (TPSA) is 43.7 Å². The maximum atomic E-state index is 10.2. The van der Waals surface area contributed by atoms with Crippen molar-refractivity contribution in [3.63, 3.8) is 0 Å². The van der Waals surface area contributed by atoms with Gasteiger partial charge in [-0.25, -0.2) is 0 Å². The fourth-order valence-electron chi connectivity index (χ4n) is 2.44. The van der Waals surface area contributed by atoms with Crippen LogP contribution >= 0.6 is 15.9 Å². The largest absolute Gasteiger partial charge is 0.392 e. The molecule has 0 spiro atoms. The van der Waals surface area contributed by atoms with Crippen LogP contribution in [0.4, 0.5) is 0 Å². The summed E-state index contributed by atoms with van der Waals surface area (Å²) in [6, 6.07) is 7.78. The second kappa shape index (κ2) is 6.66. The number of hydrogen-bond donors (Lipinski definition) is 2. The highest BCUT2D eigenvalue weighted by Crippen LogP contribution is 2.25. The first-order valence-electron chi connectivity index (χ1n) is 6.49. The molecule has 2 atom stereocenters. The van der Waals surface area contributed by atoms with Crippen molar-refractivity contribution >= 4 is 15.9 Å². The maximum Gasteiger partial charge on any atom is 0.0813 e. The van der Waals surface area contributed by atoms with Crippen LogP contribution in [0.5, 0.6) is 0 Å². The summed E-state index contributed by atoms with van der Waals surface area (Å²) >= 11 is 3.46. The number of likely N-dealkylation sites (tertiary alicyclic amines) is 1. The number of hydrogen-bond acceptors (Lipinski definition) is 3. The first-order valence-corrected chi connectivity index (χ1v) is 7.29. The van der Waals surface area contributed by atoms with Crippen molar-refractivity contribution in [2.45, 2.75) is 31.5 Å². The molecule has 2 unspecified atom stereocenters. The highest BCUT2D eigenvalue weighted by Gasteiger charge is 2.19. The Morgan fingerprint density at radius 1 is 1.39 bits per heavy atom. The molecule has 0 radical (unpaired) electrons. The fraction of sp³-hybridized carbons (Fsp3) is 0.571. The van der Waals surface area contributed by atoms with Crippen LogP contribution in [0.3, 0.4) is 0 Å². The number of aliphatic hydroxyl groups excluding tert-OH is 2. The lowest BCUT2D eigenvalue weighted by molar-refractivity contribution is 0.0589. The van der Waals surface area contributed by atoms with E-state index >= 15 is 0 Å². The SMILES string of the molecule is OC1CCCN(CCC(O)c2ccccc2Br)C1. The predicted molar refractivity (Wildman–Crippen MR) is 75.4 cm³/mol. The van der Waals surface area contributed by atoms with E-state index in [1.807, 2.05) is 24.3 Å². The number of halogens is 1. The Morgan fingerprint density at radius 3 is 2.89 bits per heavy atom. The summed E-state index contributed by atoms with van der Waals surface area (Å²) in [6.07, 6.45) is 2.02. The third-order valence-corrected chi connectivity index (χ3v) is 4.19. The lowest BCUT2D eigenvalue weighted by atomic mass is 10.0. The smallest absolute Gasteiger partial charge is 0.0813 e. The highest BCUT2D eigenvalue weighted by molar-refractivity contribution is 9.10. The van der Waals surface area contributed by atoms with Crippen LogP contribution in [0.25, 0.3) is 0 Å². The van der Waals surface area contributed by atoms with Gasteiger partial charge in [0.1, 0.15) is 0 Å². The Balaban J connectivity index is 1.84. The van der Waals surface area contributed by atoms with Crippen LogP contribution < -0.4 is 0 Å². The predicted octanol–water partition coefficient (Wildman–Crippen LogP) is 2.33. The molecule has 1 fully saturated rings. The molecule has 3 nitrogen and oxygen atoms in total. The normalized spacial score (nSPS) is 22.9. The van der Waals surface area contributed by atoms with E-state index in [2.05, 4.69) is 20.8 Å². The standard InChI is InChI=1S/C14H20BrNO2/c15-13-6-2-1-5-12(13)14(18)7-9-16-8-3-4-11(17)10-16/h1-2,5-6,11,14,17-18H,3-4,7-10H2. The monoisotopic (exact) mass is 313 g/mol. The van der Waals surface area contributed by atoms with E-state index in [1.54, 1.807) is 0 Å². The first kappa shape index (κ1) is 14.0. The Kier molecular flexibility index (Phi) is 5.18. The molecule has 0 amide bonds.